The van der Waals surface area contributed by atoms with Gasteiger partial charge in [-0.2, -0.15) is 0 Å². The number of phenols is 1. The molecular formula is C7H6NO. The first-order valence-corrected chi connectivity index (χ1v) is 2.55. The highest BCUT2D eigenvalue weighted by molar-refractivity contribution is 5.80. The van der Waals surface area contributed by atoms with E-state index in [4.69, 9.17) is 10.5 Å². The number of phenolic OH excluding ortho intramolecular Hbond substituents is 1. The van der Waals surface area contributed by atoms with E-state index in [1.54, 1.807) is 18.2 Å². The van der Waals surface area contributed by atoms with Gasteiger partial charge in [-0.1, -0.05) is 12.1 Å². The minimum Gasteiger partial charge on any atom is -0.507 e. The summed E-state index contributed by atoms with van der Waals surface area (Å²) >= 11 is 0. The van der Waals surface area contributed by atoms with Crippen LogP contribution in [0.4, 0.5) is 0 Å². The Morgan fingerprint density at radius 1 is 1.33 bits per heavy atom. The zero-order chi connectivity index (χ0) is 6.69. The largest absolute Gasteiger partial charge is 0.507 e. The number of rotatable bonds is 1. The molecule has 1 aromatic rings. The molecule has 1 rings (SSSR count). The molecule has 0 amide bonds. The first kappa shape index (κ1) is 5.82. The van der Waals surface area contributed by atoms with Gasteiger partial charge in [0.1, 0.15) is 5.75 Å². The van der Waals surface area contributed by atoms with Crippen molar-refractivity contribution in [3.05, 3.63) is 29.8 Å². The molecule has 1 radical (unpaired) electrons. The Hall–Kier alpha value is -1.31. The van der Waals surface area contributed by atoms with E-state index in [0.29, 0.717) is 5.56 Å². The van der Waals surface area contributed by atoms with Crippen molar-refractivity contribution in [3.8, 4) is 5.75 Å². The summed E-state index contributed by atoms with van der Waals surface area (Å²) in [6, 6.07) is 6.60. The van der Waals surface area contributed by atoms with Crippen LogP contribution in [-0.2, 0) is 0 Å². The molecule has 0 spiro atoms. The zero-order valence-corrected chi connectivity index (χ0v) is 4.76. The van der Waals surface area contributed by atoms with E-state index in [2.05, 4.69) is 6.21 Å². The molecule has 0 aliphatic carbocycles. The minimum absolute atomic E-state index is 0.104. The average Bonchev–Trinajstić information content (AvgIpc) is 1.89. The lowest BCUT2D eigenvalue weighted by molar-refractivity contribution is 0.474. The van der Waals surface area contributed by atoms with E-state index < -0.39 is 0 Å². The maximum Gasteiger partial charge on any atom is 0.125 e. The topological polar surface area (TPSA) is 44.1 Å². The monoisotopic (exact) mass is 120 g/mol. The van der Waals surface area contributed by atoms with E-state index in [1.165, 1.54) is 6.07 Å². The normalized spacial score (nSPS) is 8.89. The van der Waals surface area contributed by atoms with Crippen LogP contribution < -0.4 is 0 Å². The van der Waals surface area contributed by atoms with Crippen molar-refractivity contribution in [1.29, 1.82) is 5.41 Å². The summed E-state index contributed by atoms with van der Waals surface area (Å²) in [5, 5.41) is 15.6. The summed E-state index contributed by atoms with van der Waals surface area (Å²) in [4.78, 5) is 0. The number of aromatic hydroxyl groups is 1. The lowest BCUT2D eigenvalue weighted by atomic mass is 10.2. The zero-order valence-electron chi connectivity index (χ0n) is 4.76. The smallest absolute Gasteiger partial charge is 0.125 e. The van der Waals surface area contributed by atoms with Crippen LogP contribution in [-0.4, -0.2) is 11.3 Å². The summed E-state index contributed by atoms with van der Waals surface area (Å²) in [6.45, 7) is 0. The molecule has 0 heterocycles. The number of para-hydroxylation sites is 1. The average molecular weight is 120 g/mol. The highest BCUT2D eigenvalue weighted by Crippen LogP contribution is 2.11. The minimum atomic E-state index is 0.104. The van der Waals surface area contributed by atoms with Gasteiger partial charge in [0.2, 0.25) is 0 Å². The standard InChI is InChI=1S/C7H6NO/c8-5-6-3-1-2-4-7(6)9/h1-4,8-9H. The van der Waals surface area contributed by atoms with Gasteiger partial charge >= 0.3 is 0 Å². The number of benzene rings is 1. The second-order valence-electron chi connectivity index (χ2n) is 1.64. The summed E-state index contributed by atoms with van der Waals surface area (Å²) in [6.07, 6.45) is 2.10. The molecule has 45 valence electrons. The van der Waals surface area contributed by atoms with Gasteiger partial charge in [-0.05, 0) is 12.1 Å². The Balaban J connectivity index is 3.15. The third-order valence-corrected chi connectivity index (χ3v) is 1.04. The fraction of sp³-hybridized carbons (Fsp3) is 0. The first-order valence-electron chi connectivity index (χ1n) is 2.55. The van der Waals surface area contributed by atoms with E-state index in [-0.39, 0.29) is 5.75 Å². The Bertz CT molecular complexity index is 220. The van der Waals surface area contributed by atoms with Crippen LogP contribution in [0.1, 0.15) is 5.56 Å². The van der Waals surface area contributed by atoms with Crippen molar-refractivity contribution in [2.24, 2.45) is 0 Å². The van der Waals surface area contributed by atoms with E-state index in [1.807, 2.05) is 0 Å². The summed E-state index contributed by atoms with van der Waals surface area (Å²) < 4.78 is 0. The van der Waals surface area contributed by atoms with E-state index >= 15 is 0 Å². The first-order chi connectivity index (χ1) is 4.34. The quantitative estimate of drug-likeness (QED) is 0.538. The van der Waals surface area contributed by atoms with Crippen LogP contribution in [0.3, 0.4) is 0 Å². The SMILES string of the molecule is N=[C]c1ccccc1O. The number of hydrogen-bond donors (Lipinski definition) is 2. The van der Waals surface area contributed by atoms with Crippen LogP contribution in [0.25, 0.3) is 0 Å². The van der Waals surface area contributed by atoms with E-state index in [9.17, 15) is 0 Å². The highest BCUT2D eigenvalue weighted by Gasteiger charge is 1.92. The van der Waals surface area contributed by atoms with Gasteiger partial charge in [0, 0.05) is 5.56 Å². The molecule has 2 nitrogen and oxygen atoms in total. The van der Waals surface area contributed by atoms with Crippen LogP contribution in [0.5, 0.6) is 5.75 Å². The van der Waals surface area contributed by atoms with Crippen LogP contribution >= 0.6 is 0 Å². The van der Waals surface area contributed by atoms with Crippen molar-refractivity contribution in [2.45, 2.75) is 0 Å². The van der Waals surface area contributed by atoms with Gasteiger partial charge in [0.15, 0.2) is 0 Å². The lowest BCUT2D eigenvalue weighted by Crippen LogP contribution is -1.77. The van der Waals surface area contributed by atoms with Gasteiger partial charge < -0.3 is 5.11 Å². The van der Waals surface area contributed by atoms with Crippen LogP contribution in [0.2, 0.25) is 0 Å². The second kappa shape index (κ2) is 2.31. The molecule has 0 atom stereocenters. The molecule has 9 heavy (non-hydrogen) atoms. The lowest BCUT2D eigenvalue weighted by Gasteiger charge is -1.92. The van der Waals surface area contributed by atoms with Crippen molar-refractivity contribution in [1.82, 2.24) is 0 Å². The molecule has 0 saturated heterocycles. The Morgan fingerprint density at radius 3 is 2.44 bits per heavy atom. The third kappa shape index (κ3) is 1.08. The highest BCUT2D eigenvalue weighted by atomic mass is 16.3. The van der Waals surface area contributed by atoms with Crippen LogP contribution in [0.15, 0.2) is 24.3 Å². The van der Waals surface area contributed by atoms with Crippen molar-refractivity contribution in [2.75, 3.05) is 0 Å². The molecule has 2 N–H and O–H groups in total. The summed E-state index contributed by atoms with van der Waals surface area (Å²) in [5.41, 5.74) is 0.428. The predicted molar refractivity (Wildman–Crippen MR) is 34.9 cm³/mol. The molecule has 0 aliphatic heterocycles. The molecule has 2 heteroatoms. The Labute approximate surface area is 53.3 Å². The summed E-state index contributed by atoms with van der Waals surface area (Å²) in [7, 11) is 0. The Morgan fingerprint density at radius 2 is 2.00 bits per heavy atom. The van der Waals surface area contributed by atoms with Crippen LogP contribution in [0, 0.1) is 5.41 Å². The van der Waals surface area contributed by atoms with Gasteiger partial charge in [-0.3, -0.25) is 5.41 Å². The van der Waals surface area contributed by atoms with Crippen molar-refractivity contribution >= 4 is 6.21 Å². The van der Waals surface area contributed by atoms with E-state index in [0.717, 1.165) is 0 Å². The molecule has 0 unspecified atom stereocenters. The molecule has 0 bridgehead atoms. The third-order valence-electron chi connectivity index (χ3n) is 1.04. The molecule has 0 aromatic heterocycles. The second-order valence-corrected chi connectivity index (χ2v) is 1.64. The summed E-state index contributed by atoms with van der Waals surface area (Å²) in [5.74, 6) is 0.104. The van der Waals surface area contributed by atoms with Crippen molar-refractivity contribution < 1.29 is 5.11 Å². The predicted octanol–water partition coefficient (Wildman–Crippen LogP) is 1.27. The van der Waals surface area contributed by atoms with Gasteiger partial charge in [0.05, 0.1) is 6.21 Å². The maximum absolute atomic E-state index is 8.93. The van der Waals surface area contributed by atoms with Gasteiger partial charge in [-0.25, -0.2) is 0 Å². The Kier molecular flexibility index (Phi) is 1.49. The van der Waals surface area contributed by atoms with Gasteiger partial charge in [0.25, 0.3) is 0 Å². The molecule has 0 fully saturated rings. The number of nitrogens with one attached hydrogen (secondary N) is 1. The fourth-order valence-corrected chi connectivity index (χ4v) is 0.579. The van der Waals surface area contributed by atoms with Crippen molar-refractivity contribution in [3.63, 3.8) is 0 Å². The molecule has 1 aromatic carbocycles. The molecular weight excluding hydrogens is 114 g/mol. The number of hydrogen-bond acceptors (Lipinski definition) is 2. The van der Waals surface area contributed by atoms with Gasteiger partial charge in [-0.15, -0.1) is 0 Å². The fourth-order valence-electron chi connectivity index (χ4n) is 0.579. The molecule has 0 aliphatic rings. The maximum atomic E-state index is 8.93. The molecule has 0 saturated carbocycles.